The van der Waals surface area contributed by atoms with Crippen molar-refractivity contribution in [1.82, 2.24) is 15.1 Å². The highest BCUT2D eigenvalue weighted by Crippen LogP contribution is 2.14. The Balaban J connectivity index is 1.84. The zero-order chi connectivity index (χ0) is 18.9. The molecule has 0 aliphatic rings. The van der Waals surface area contributed by atoms with Gasteiger partial charge in [-0.2, -0.15) is 5.10 Å². The fourth-order valence-electron chi connectivity index (χ4n) is 1.96. The topological polar surface area (TPSA) is 102 Å². The van der Waals surface area contributed by atoms with Crippen molar-refractivity contribution in [3.05, 3.63) is 68.7 Å². The Morgan fingerprint density at radius 1 is 1.31 bits per heavy atom. The van der Waals surface area contributed by atoms with Gasteiger partial charge in [-0.3, -0.25) is 14.6 Å². The van der Waals surface area contributed by atoms with Gasteiger partial charge in [0.1, 0.15) is 11.6 Å². The normalized spacial score (nSPS) is 11.7. The smallest absolute Gasteiger partial charge is 0.287 e. The molecule has 0 spiro atoms. The molecular formula is C17H17Cl2N5O2. The van der Waals surface area contributed by atoms with Gasteiger partial charge in [0, 0.05) is 12.8 Å². The van der Waals surface area contributed by atoms with Crippen LogP contribution in [0, 0.1) is 0 Å². The zero-order valence-corrected chi connectivity index (χ0v) is 15.2. The quantitative estimate of drug-likeness (QED) is 0.704. The van der Waals surface area contributed by atoms with Gasteiger partial charge >= 0.3 is 0 Å². The monoisotopic (exact) mass is 393 g/mol. The lowest BCUT2D eigenvalue weighted by Gasteiger charge is -2.07. The molecule has 136 valence electrons. The Hall–Kier alpha value is -2.64. The Bertz CT molecular complexity index is 878. The van der Waals surface area contributed by atoms with Crippen LogP contribution in [0.4, 0.5) is 5.69 Å². The van der Waals surface area contributed by atoms with E-state index in [1.807, 2.05) is 30.3 Å². The van der Waals surface area contributed by atoms with Crippen LogP contribution in [0.1, 0.15) is 6.42 Å². The maximum atomic E-state index is 11.9. The molecule has 2 rings (SSSR count). The van der Waals surface area contributed by atoms with Crippen LogP contribution < -0.4 is 16.6 Å². The minimum atomic E-state index is -0.619. The van der Waals surface area contributed by atoms with E-state index in [0.717, 1.165) is 15.9 Å². The lowest BCUT2D eigenvalue weighted by atomic mass is 10.2. The lowest BCUT2D eigenvalue weighted by Crippen LogP contribution is -2.34. The average molecular weight is 394 g/mol. The summed E-state index contributed by atoms with van der Waals surface area (Å²) in [5.74, 6) is -0.380. The summed E-state index contributed by atoms with van der Waals surface area (Å²) in [5.41, 5.74) is 6.53. The molecule has 0 saturated heterocycles. The van der Waals surface area contributed by atoms with Gasteiger partial charge < -0.3 is 11.1 Å². The molecule has 2 aromatic rings. The molecule has 1 aromatic heterocycles. The molecule has 3 N–H and O–H groups in total. The molecule has 0 bridgehead atoms. The van der Waals surface area contributed by atoms with Crippen molar-refractivity contribution in [3.8, 4) is 0 Å². The molecule has 0 radical (unpaired) electrons. The molecule has 0 unspecified atom stereocenters. The molecule has 0 fully saturated rings. The van der Waals surface area contributed by atoms with E-state index in [0.29, 0.717) is 13.0 Å². The van der Waals surface area contributed by atoms with Gasteiger partial charge in [0.2, 0.25) is 5.91 Å². The van der Waals surface area contributed by atoms with E-state index in [1.165, 1.54) is 12.4 Å². The highest BCUT2D eigenvalue weighted by atomic mass is 35.5. The molecule has 9 heteroatoms. The third kappa shape index (κ3) is 5.72. The van der Waals surface area contributed by atoms with Crippen molar-refractivity contribution in [2.75, 3.05) is 6.54 Å². The Kier molecular flexibility index (Phi) is 7.37. The second-order valence-electron chi connectivity index (χ2n) is 5.20. The van der Waals surface area contributed by atoms with Gasteiger partial charge in [0.05, 0.1) is 16.9 Å². The molecule has 1 heterocycles. The minimum absolute atomic E-state index is 0.0451. The number of nitrogens with one attached hydrogen (secondary N) is 1. The highest BCUT2D eigenvalue weighted by Gasteiger charge is 2.10. The number of rotatable bonds is 7. The number of carbonyl (C=O) groups excluding carboxylic acids is 1. The summed E-state index contributed by atoms with van der Waals surface area (Å²) in [6.07, 6.45) is 4.78. The SMILES string of the molecule is NC=C(C=Nc1ccccc1)CCNC(=O)Cn1ncc(Cl)c(Cl)c1=O. The number of nitrogens with two attached hydrogens (primary N) is 1. The molecule has 0 aliphatic carbocycles. The summed E-state index contributed by atoms with van der Waals surface area (Å²) < 4.78 is 0.945. The van der Waals surface area contributed by atoms with E-state index in [-0.39, 0.29) is 22.5 Å². The Morgan fingerprint density at radius 3 is 2.73 bits per heavy atom. The van der Waals surface area contributed by atoms with Crippen molar-refractivity contribution in [3.63, 3.8) is 0 Å². The average Bonchev–Trinajstić information content (AvgIpc) is 2.66. The molecule has 26 heavy (non-hydrogen) atoms. The first kappa shape index (κ1) is 19.7. The number of para-hydroxylation sites is 1. The van der Waals surface area contributed by atoms with Crippen molar-refractivity contribution >= 4 is 41.0 Å². The van der Waals surface area contributed by atoms with Gasteiger partial charge in [-0.15, -0.1) is 0 Å². The molecule has 0 saturated carbocycles. The summed E-state index contributed by atoms with van der Waals surface area (Å²) in [6.45, 7) is 0.0776. The van der Waals surface area contributed by atoms with Crippen LogP contribution in [-0.4, -0.2) is 28.4 Å². The van der Waals surface area contributed by atoms with Gasteiger partial charge in [-0.05, 0) is 30.3 Å². The standard InChI is InChI=1S/C17H17Cl2N5O2/c18-14-10-23-24(17(26)16(14)19)11-15(25)21-7-6-12(8-20)9-22-13-4-2-1-3-5-13/h1-5,8-10H,6-7,11,20H2,(H,21,25). The van der Waals surface area contributed by atoms with Gasteiger partial charge in [-0.25, -0.2) is 4.68 Å². The van der Waals surface area contributed by atoms with E-state index < -0.39 is 5.56 Å². The maximum Gasteiger partial charge on any atom is 0.287 e. The summed E-state index contributed by atoms with van der Waals surface area (Å²) >= 11 is 11.4. The molecule has 1 aromatic carbocycles. The number of carbonyl (C=O) groups is 1. The Labute approximate surface area is 160 Å². The molecule has 0 aliphatic heterocycles. The second kappa shape index (κ2) is 9.74. The number of benzene rings is 1. The highest BCUT2D eigenvalue weighted by molar-refractivity contribution is 6.41. The van der Waals surface area contributed by atoms with Gasteiger partial charge in [-0.1, -0.05) is 41.4 Å². The maximum absolute atomic E-state index is 11.9. The van der Waals surface area contributed by atoms with Crippen LogP contribution in [0.3, 0.4) is 0 Å². The van der Waals surface area contributed by atoms with Gasteiger partial charge in [0.15, 0.2) is 0 Å². The van der Waals surface area contributed by atoms with Crippen LogP contribution in [0.2, 0.25) is 10.0 Å². The van der Waals surface area contributed by atoms with Gasteiger partial charge in [0.25, 0.3) is 5.56 Å². The molecule has 7 nitrogen and oxygen atoms in total. The first-order chi connectivity index (χ1) is 12.5. The number of amides is 1. The number of halogens is 2. The summed E-state index contributed by atoms with van der Waals surface area (Å²) in [5, 5.41) is 6.34. The predicted octanol–water partition coefficient (Wildman–Crippen LogP) is 2.30. The number of aromatic nitrogens is 2. The third-order valence-electron chi connectivity index (χ3n) is 3.32. The van der Waals surface area contributed by atoms with E-state index in [1.54, 1.807) is 6.21 Å². The molecular weight excluding hydrogens is 377 g/mol. The predicted molar refractivity (Wildman–Crippen MR) is 103 cm³/mol. The number of hydrogen-bond acceptors (Lipinski definition) is 5. The fourth-order valence-corrected chi connectivity index (χ4v) is 2.23. The van der Waals surface area contributed by atoms with Crippen LogP contribution in [0.5, 0.6) is 0 Å². The van der Waals surface area contributed by atoms with E-state index in [2.05, 4.69) is 15.4 Å². The first-order valence-corrected chi connectivity index (χ1v) is 8.44. The second-order valence-corrected chi connectivity index (χ2v) is 5.99. The van der Waals surface area contributed by atoms with Crippen LogP contribution in [-0.2, 0) is 11.3 Å². The minimum Gasteiger partial charge on any atom is -0.404 e. The molecule has 0 atom stereocenters. The number of nitrogens with zero attached hydrogens (tertiary/aromatic N) is 3. The summed E-state index contributed by atoms with van der Waals surface area (Å²) in [4.78, 5) is 28.1. The van der Waals surface area contributed by atoms with Crippen molar-refractivity contribution in [2.24, 2.45) is 10.7 Å². The zero-order valence-electron chi connectivity index (χ0n) is 13.7. The van der Waals surface area contributed by atoms with Crippen molar-refractivity contribution < 1.29 is 4.79 Å². The fraction of sp³-hybridized carbons (Fsp3) is 0.176. The third-order valence-corrected chi connectivity index (χ3v) is 4.07. The van der Waals surface area contributed by atoms with E-state index in [4.69, 9.17) is 28.9 Å². The van der Waals surface area contributed by atoms with Crippen LogP contribution >= 0.6 is 23.2 Å². The van der Waals surface area contributed by atoms with Crippen molar-refractivity contribution in [2.45, 2.75) is 13.0 Å². The van der Waals surface area contributed by atoms with Crippen LogP contribution in [0.15, 0.2) is 58.1 Å². The lowest BCUT2D eigenvalue weighted by molar-refractivity contribution is -0.121. The summed E-state index contributed by atoms with van der Waals surface area (Å²) in [7, 11) is 0. The Morgan fingerprint density at radius 2 is 2.04 bits per heavy atom. The largest absolute Gasteiger partial charge is 0.404 e. The number of hydrogen-bond donors (Lipinski definition) is 2. The molecule has 1 amide bonds. The number of aliphatic imine (C=N–C) groups is 1. The first-order valence-electron chi connectivity index (χ1n) is 7.69. The van der Waals surface area contributed by atoms with Crippen LogP contribution in [0.25, 0.3) is 0 Å². The summed E-state index contributed by atoms with van der Waals surface area (Å²) in [6, 6.07) is 9.42. The van der Waals surface area contributed by atoms with E-state index in [9.17, 15) is 9.59 Å². The van der Waals surface area contributed by atoms with E-state index >= 15 is 0 Å². The van der Waals surface area contributed by atoms with Crippen molar-refractivity contribution in [1.29, 1.82) is 0 Å².